The molecule has 0 amide bonds. The van der Waals surface area contributed by atoms with E-state index in [0.717, 1.165) is 18.4 Å². The molecule has 0 spiro atoms. The number of ether oxygens (including phenoxy) is 1. The summed E-state index contributed by atoms with van der Waals surface area (Å²) in [7, 11) is 0. The molecular weight excluding hydrogens is 304 g/mol. The highest BCUT2D eigenvalue weighted by Gasteiger charge is 2.63. The molecule has 4 nitrogen and oxygen atoms in total. The van der Waals surface area contributed by atoms with Gasteiger partial charge in [-0.1, -0.05) is 34.3 Å². The molecule has 2 aliphatic carbocycles. The van der Waals surface area contributed by atoms with Crippen molar-refractivity contribution in [2.45, 2.75) is 59.0 Å². The SMILES string of the molecule is C=C(C=O)[C@]12C=C3C(=O)C[C@@H](C(C)C)[C@]3(C)CC[C@@]1(C)CC(=O)O2. The Bertz CT molecular complexity index is 673. The van der Waals surface area contributed by atoms with Gasteiger partial charge in [0.05, 0.1) is 6.42 Å². The van der Waals surface area contributed by atoms with Gasteiger partial charge in [0, 0.05) is 23.0 Å². The van der Waals surface area contributed by atoms with Gasteiger partial charge in [-0.05, 0) is 36.2 Å². The van der Waals surface area contributed by atoms with Gasteiger partial charge >= 0.3 is 5.97 Å². The second kappa shape index (κ2) is 5.14. The molecule has 3 rings (SSSR count). The van der Waals surface area contributed by atoms with Crippen LogP contribution in [-0.2, 0) is 19.1 Å². The van der Waals surface area contributed by atoms with Crippen molar-refractivity contribution in [3.63, 3.8) is 0 Å². The third kappa shape index (κ3) is 2.01. The van der Waals surface area contributed by atoms with Crippen LogP contribution in [0.4, 0.5) is 0 Å². The van der Waals surface area contributed by atoms with Crippen LogP contribution in [0.25, 0.3) is 0 Å². The van der Waals surface area contributed by atoms with Crippen LogP contribution in [0.1, 0.15) is 53.4 Å². The monoisotopic (exact) mass is 330 g/mol. The fourth-order valence-electron chi connectivity index (χ4n) is 5.23. The number of hydrogen-bond donors (Lipinski definition) is 0. The van der Waals surface area contributed by atoms with E-state index in [2.05, 4.69) is 27.4 Å². The molecule has 1 heterocycles. The minimum Gasteiger partial charge on any atom is -0.449 e. The molecule has 0 N–H and O–H groups in total. The highest BCUT2D eigenvalue weighted by atomic mass is 16.6. The molecule has 2 fully saturated rings. The van der Waals surface area contributed by atoms with Crippen molar-refractivity contribution in [1.82, 2.24) is 0 Å². The van der Waals surface area contributed by atoms with Gasteiger partial charge in [0.25, 0.3) is 0 Å². The van der Waals surface area contributed by atoms with E-state index in [0.29, 0.717) is 18.6 Å². The number of ketones is 1. The normalized spacial score (nSPS) is 41.4. The Kier molecular flexibility index (Phi) is 3.67. The molecule has 0 radical (unpaired) electrons. The number of carbonyl (C=O) groups is 3. The molecule has 0 unspecified atom stereocenters. The summed E-state index contributed by atoms with van der Waals surface area (Å²) in [6.45, 7) is 12.3. The number of carbonyl (C=O) groups excluding carboxylic acids is 3. The lowest BCUT2D eigenvalue weighted by molar-refractivity contribution is -0.144. The van der Waals surface area contributed by atoms with E-state index in [-0.39, 0.29) is 35.1 Å². The standard InChI is InChI=1S/C20H26O4/c1-12(2)14-8-16(22)15-9-20(13(3)11-21)18(4,10-17(23)24-20)6-7-19(14,15)5/h9,11-12,14H,3,6-8,10H2,1-2,4-5H3/t14-,18-,19-,20+/m0/s1. The van der Waals surface area contributed by atoms with Gasteiger partial charge < -0.3 is 4.74 Å². The molecule has 1 saturated heterocycles. The Morgan fingerprint density at radius 3 is 2.58 bits per heavy atom. The minimum absolute atomic E-state index is 0.112. The Balaban J connectivity index is 2.22. The van der Waals surface area contributed by atoms with Crippen molar-refractivity contribution in [3.8, 4) is 0 Å². The van der Waals surface area contributed by atoms with Gasteiger partial charge in [-0.15, -0.1) is 0 Å². The Labute approximate surface area is 143 Å². The van der Waals surface area contributed by atoms with Crippen LogP contribution in [0.5, 0.6) is 0 Å². The van der Waals surface area contributed by atoms with E-state index in [4.69, 9.17) is 4.74 Å². The first kappa shape index (κ1) is 17.1. The predicted octanol–water partition coefficient (Wildman–Crippen LogP) is 3.41. The van der Waals surface area contributed by atoms with E-state index in [9.17, 15) is 14.4 Å². The van der Waals surface area contributed by atoms with Crippen LogP contribution in [-0.4, -0.2) is 23.6 Å². The summed E-state index contributed by atoms with van der Waals surface area (Å²) < 4.78 is 5.69. The van der Waals surface area contributed by atoms with Crippen molar-refractivity contribution in [1.29, 1.82) is 0 Å². The number of allylic oxidation sites excluding steroid dienone is 1. The van der Waals surface area contributed by atoms with E-state index in [1.165, 1.54) is 0 Å². The Morgan fingerprint density at radius 1 is 1.33 bits per heavy atom. The average Bonchev–Trinajstić information content (AvgIpc) is 2.87. The molecular formula is C20H26O4. The number of hydrogen-bond acceptors (Lipinski definition) is 4. The van der Waals surface area contributed by atoms with Gasteiger partial charge in [0.15, 0.2) is 11.4 Å². The average molecular weight is 330 g/mol. The van der Waals surface area contributed by atoms with Gasteiger partial charge in [-0.25, -0.2) is 0 Å². The Hall–Kier alpha value is -1.71. The second-order valence-corrected chi connectivity index (χ2v) is 8.54. The predicted molar refractivity (Wildman–Crippen MR) is 90.1 cm³/mol. The molecule has 4 heteroatoms. The highest BCUT2D eigenvalue weighted by molar-refractivity contribution is 6.00. The molecule has 24 heavy (non-hydrogen) atoms. The first-order valence-corrected chi connectivity index (χ1v) is 8.72. The minimum atomic E-state index is -1.18. The number of fused-ring (bicyclic) bond motifs is 2. The molecule has 130 valence electrons. The van der Waals surface area contributed by atoms with Crippen LogP contribution >= 0.6 is 0 Å². The van der Waals surface area contributed by atoms with E-state index in [1.54, 1.807) is 6.08 Å². The number of esters is 1. The third-order valence-corrected chi connectivity index (χ3v) is 6.81. The molecule has 0 bridgehead atoms. The van der Waals surface area contributed by atoms with Crippen LogP contribution in [0.2, 0.25) is 0 Å². The third-order valence-electron chi connectivity index (χ3n) is 6.81. The summed E-state index contributed by atoms with van der Waals surface area (Å²) in [4.78, 5) is 36.4. The molecule has 3 aliphatic rings. The van der Waals surface area contributed by atoms with Crippen molar-refractivity contribution in [2.75, 3.05) is 0 Å². The zero-order valence-electron chi connectivity index (χ0n) is 15.0. The fourth-order valence-corrected chi connectivity index (χ4v) is 5.23. The highest BCUT2D eigenvalue weighted by Crippen LogP contribution is 2.61. The molecule has 1 saturated carbocycles. The van der Waals surface area contributed by atoms with Crippen molar-refractivity contribution >= 4 is 18.0 Å². The largest absolute Gasteiger partial charge is 0.449 e. The molecule has 0 aromatic heterocycles. The molecule has 0 aromatic carbocycles. The van der Waals surface area contributed by atoms with Gasteiger partial charge in [-0.2, -0.15) is 0 Å². The first-order valence-electron chi connectivity index (χ1n) is 8.72. The molecule has 0 aromatic rings. The second-order valence-electron chi connectivity index (χ2n) is 8.54. The quantitative estimate of drug-likeness (QED) is 0.452. The van der Waals surface area contributed by atoms with Crippen LogP contribution in [0.15, 0.2) is 23.8 Å². The van der Waals surface area contributed by atoms with Gasteiger partial charge in [0.2, 0.25) is 0 Å². The maximum Gasteiger partial charge on any atom is 0.307 e. The summed E-state index contributed by atoms with van der Waals surface area (Å²) in [5.41, 5.74) is -0.998. The lowest BCUT2D eigenvalue weighted by atomic mass is 9.66. The van der Waals surface area contributed by atoms with E-state index < -0.39 is 11.0 Å². The van der Waals surface area contributed by atoms with Crippen molar-refractivity contribution in [3.05, 3.63) is 23.8 Å². The fraction of sp³-hybridized carbons (Fsp3) is 0.650. The molecule has 4 atom stereocenters. The summed E-state index contributed by atoms with van der Waals surface area (Å²) in [6, 6.07) is 0. The summed E-state index contributed by atoms with van der Waals surface area (Å²) in [5.74, 6) is 0.451. The lowest BCUT2D eigenvalue weighted by Gasteiger charge is -2.38. The number of aldehydes is 1. The lowest BCUT2D eigenvalue weighted by Crippen LogP contribution is -2.43. The van der Waals surface area contributed by atoms with Crippen LogP contribution < -0.4 is 0 Å². The zero-order chi connectivity index (χ0) is 17.9. The van der Waals surface area contributed by atoms with Crippen LogP contribution in [0, 0.1) is 22.7 Å². The summed E-state index contributed by atoms with van der Waals surface area (Å²) in [5, 5.41) is 0. The number of rotatable bonds is 3. The first-order chi connectivity index (χ1) is 11.1. The molecule has 1 aliphatic heterocycles. The van der Waals surface area contributed by atoms with Gasteiger partial charge in [0.1, 0.15) is 6.29 Å². The van der Waals surface area contributed by atoms with E-state index >= 15 is 0 Å². The Morgan fingerprint density at radius 2 is 2.00 bits per heavy atom. The van der Waals surface area contributed by atoms with Crippen LogP contribution in [0.3, 0.4) is 0 Å². The zero-order valence-corrected chi connectivity index (χ0v) is 15.0. The smallest absolute Gasteiger partial charge is 0.307 e. The maximum atomic E-state index is 12.8. The van der Waals surface area contributed by atoms with Crippen molar-refractivity contribution < 1.29 is 19.1 Å². The maximum absolute atomic E-state index is 12.8. The topological polar surface area (TPSA) is 60.4 Å². The van der Waals surface area contributed by atoms with Gasteiger partial charge in [-0.3, -0.25) is 14.4 Å². The summed E-state index contributed by atoms with van der Waals surface area (Å²) in [6.07, 6.45) is 4.75. The summed E-state index contributed by atoms with van der Waals surface area (Å²) >= 11 is 0. The van der Waals surface area contributed by atoms with E-state index in [1.807, 2.05) is 6.92 Å². The number of Topliss-reactive ketones (excluding diaryl/α,β-unsaturated/α-hetero) is 1. The van der Waals surface area contributed by atoms with Crippen molar-refractivity contribution in [2.24, 2.45) is 22.7 Å².